The molecule has 0 radical (unpaired) electrons. The van der Waals surface area contributed by atoms with Crippen LogP contribution in [0.2, 0.25) is 0 Å². The van der Waals surface area contributed by atoms with Crippen LogP contribution in [0.5, 0.6) is 0 Å². The van der Waals surface area contributed by atoms with Gasteiger partial charge in [-0.2, -0.15) is 0 Å². The smallest absolute Gasteiger partial charge is 0.0622 e. The second-order valence-corrected chi connectivity index (χ2v) is 5.90. The van der Waals surface area contributed by atoms with Crippen LogP contribution in [0.25, 0.3) is 0 Å². The zero-order valence-corrected chi connectivity index (χ0v) is 11.7. The summed E-state index contributed by atoms with van der Waals surface area (Å²) in [6.45, 7) is 5.98. The molecule has 2 rings (SSSR count). The molecule has 1 aliphatic heterocycles. The van der Waals surface area contributed by atoms with Crippen molar-refractivity contribution in [1.82, 2.24) is 4.90 Å². The molecule has 1 fully saturated rings. The first kappa shape index (κ1) is 13.0. The molecule has 2 heterocycles. The first-order chi connectivity index (χ1) is 8.11. The topological polar surface area (TPSA) is 38.5 Å². The Bertz CT molecular complexity index is 358. The van der Waals surface area contributed by atoms with Gasteiger partial charge in [0, 0.05) is 23.6 Å². The van der Waals surface area contributed by atoms with Gasteiger partial charge in [0.05, 0.1) is 12.6 Å². The van der Waals surface area contributed by atoms with Crippen molar-refractivity contribution >= 4 is 11.3 Å². The number of thiophene rings is 1. The molecular formula is C13H22N2OS. The Morgan fingerprint density at radius 2 is 2.35 bits per heavy atom. The maximum Gasteiger partial charge on any atom is 0.0622 e. The summed E-state index contributed by atoms with van der Waals surface area (Å²) in [6, 6.07) is 3.13. The van der Waals surface area contributed by atoms with Crippen LogP contribution in [0.1, 0.15) is 29.8 Å². The Balaban J connectivity index is 2.20. The van der Waals surface area contributed by atoms with Gasteiger partial charge in [0.25, 0.3) is 0 Å². The van der Waals surface area contributed by atoms with Gasteiger partial charge in [0.2, 0.25) is 0 Å². The van der Waals surface area contributed by atoms with Gasteiger partial charge >= 0.3 is 0 Å². The van der Waals surface area contributed by atoms with Crippen molar-refractivity contribution in [1.29, 1.82) is 0 Å². The third kappa shape index (κ3) is 2.71. The van der Waals surface area contributed by atoms with E-state index in [-0.39, 0.29) is 6.04 Å². The fraction of sp³-hybridized carbons (Fsp3) is 0.692. The number of likely N-dealkylation sites (N-methyl/N-ethyl adjacent to an activating group) is 1. The number of hydrogen-bond acceptors (Lipinski definition) is 4. The van der Waals surface area contributed by atoms with E-state index in [1.165, 1.54) is 10.4 Å². The summed E-state index contributed by atoms with van der Waals surface area (Å²) in [5, 5.41) is 2.15. The minimum Gasteiger partial charge on any atom is -0.380 e. The van der Waals surface area contributed by atoms with Crippen molar-refractivity contribution in [3.63, 3.8) is 0 Å². The van der Waals surface area contributed by atoms with Crippen LogP contribution in [0.15, 0.2) is 11.4 Å². The molecule has 0 saturated carbocycles. The molecular weight excluding hydrogens is 232 g/mol. The van der Waals surface area contributed by atoms with Crippen molar-refractivity contribution in [2.24, 2.45) is 5.73 Å². The van der Waals surface area contributed by atoms with Gasteiger partial charge in [-0.1, -0.05) is 0 Å². The van der Waals surface area contributed by atoms with Crippen molar-refractivity contribution in [3.05, 3.63) is 21.9 Å². The molecule has 1 aliphatic rings. The summed E-state index contributed by atoms with van der Waals surface area (Å²) in [5.41, 5.74) is 7.54. The first-order valence-electron chi connectivity index (χ1n) is 6.20. The molecule has 0 bridgehead atoms. The Morgan fingerprint density at radius 1 is 1.59 bits per heavy atom. The van der Waals surface area contributed by atoms with E-state index < -0.39 is 0 Å². The second-order valence-electron chi connectivity index (χ2n) is 4.95. The number of nitrogens with zero attached hydrogens (tertiary/aromatic N) is 1. The molecule has 3 nitrogen and oxygen atoms in total. The fourth-order valence-corrected chi connectivity index (χ4v) is 3.75. The monoisotopic (exact) mass is 254 g/mol. The number of ether oxygens (including phenoxy) is 1. The summed E-state index contributed by atoms with van der Waals surface area (Å²) in [5.74, 6) is 0. The zero-order valence-electron chi connectivity index (χ0n) is 10.8. The van der Waals surface area contributed by atoms with Gasteiger partial charge in [-0.25, -0.2) is 0 Å². The van der Waals surface area contributed by atoms with Crippen molar-refractivity contribution < 1.29 is 4.74 Å². The Morgan fingerprint density at radius 3 is 2.82 bits per heavy atom. The Kier molecular flexibility index (Phi) is 4.20. The van der Waals surface area contributed by atoms with Gasteiger partial charge in [-0.05, 0) is 44.3 Å². The van der Waals surface area contributed by atoms with E-state index in [2.05, 4.69) is 37.2 Å². The van der Waals surface area contributed by atoms with Gasteiger partial charge in [0.15, 0.2) is 0 Å². The summed E-state index contributed by atoms with van der Waals surface area (Å²) in [4.78, 5) is 3.80. The summed E-state index contributed by atoms with van der Waals surface area (Å²) >= 11 is 1.81. The standard InChI is InChI=1S/C13H22N2OS/c1-9-5-7-17-13(9)12(10(2)14)15(3)11-4-6-16-8-11/h5,7,10-12H,4,6,8,14H2,1-3H3. The van der Waals surface area contributed by atoms with Crippen LogP contribution in [0.4, 0.5) is 0 Å². The van der Waals surface area contributed by atoms with Gasteiger partial charge in [0.1, 0.15) is 0 Å². The summed E-state index contributed by atoms with van der Waals surface area (Å²) in [6.07, 6.45) is 1.12. The molecule has 0 spiro atoms. The number of rotatable bonds is 4. The SMILES string of the molecule is Cc1ccsc1C(C(C)N)N(C)C1CCOC1. The molecule has 0 amide bonds. The quantitative estimate of drug-likeness (QED) is 0.895. The van der Waals surface area contributed by atoms with Crippen LogP contribution in [-0.4, -0.2) is 37.2 Å². The molecule has 0 aliphatic carbocycles. The lowest BCUT2D eigenvalue weighted by Crippen LogP contribution is -2.43. The van der Waals surface area contributed by atoms with Gasteiger partial charge in [-0.15, -0.1) is 11.3 Å². The van der Waals surface area contributed by atoms with Crippen molar-refractivity contribution in [2.75, 3.05) is 20.3 Å². The highest BCUT2D eigenvalue weighted by molar-refractivity contribution is 7.10. The lowest BCUT2D eigenvalue weighted by atomic mass is 10.0. The van der Waals surface area contributed by atoms with Crippen LogP contribution in [0, 0.1) is 6.92 Å². The highest BCUT2D eigenvalue weighted by atomic mass is 32.1. The van der Waals surface area contributed by atoms with Crippen LogP contribution in [0.3, 0.4) is 0 Å². The van der Waals surface area contributed by atoms with E-state index in [9.17, 15) is 0 Å². The highest BCUT2D eigenvalue weighted by Crippen LogP contribution is 2.32. The minimum absolute atomic E-state index is 0.137. The summed E-state index contributed by atoms with van der Waals surface area (Å²) < 4.78 is 5.48. The van der Waals surface area contributed by atoms with Gasteiger partial charge in [-0.3, -0.25) is 4.90 Å². The molecule has 17 heavy (non-hydrogen) atoms. The van der Waals surface area contributed by atoms with E-state index in [0.29, 0.717) is 12.1 Å². The lowest BCUT2D eigenvalue weighted by Gasteiger charge is -2.34. The fourth-order valence-electron chi connectivity index (χ4n) is 2.55. The highest BCUT2D eigenvalue weighted by Gasteiger charge is 2.30. The lowest BCUT2D eigenvalue weighted by molar-refractivity contribution is 0.124. The molecule has 3 atom stereocenters. The molecule has 3 unspecified atom stereocenters. The van der Waals surface area contributed by atoms with Crippen molar-refractivity contribution in [3.8, 4) is 0 Å². The predicted molar refractivity (Wildman–Crippen MR) is 72.4 cm³/mol. The number of nitrogens with two attached hydrogens (primary N) is 1. The zero-order chi connectivity index (χ0) is 12.4. The molecule has 0 aromatic carbocycles. The maximum absolute atomic E-state index is 6.19. The third-order valence-corrected chi connectivity index (χ3v) is 4.68. The van der Waals surface area contributed by atoms with Crippen molar-refractivity contribution in [2.45, 2.75) is 38.4 Å². The van der Waals surface area contributed by atoms with E-state index in [0.717, 1.165) is 19.6 Å². The number of aryl methyl sites for hydroxylation is 1. The minimum atomic E-state index is 0.137. The summed E-state index contributed by atoms with van der Waals surface area (Å²) in [7, 11) is 2.17. The van der Waals surface area contributed by atoms with Crippen LogP contribution in [-0.2, 0) is 4.74 Å². The van der Waals surface area contributed by atoms with Gasteiger partial charge < -0.3 is 10.5 Å². The second kappa shape index (κ2) is 5.48. The van der Waals surface area contributed by atoms with Crippen LogP contribution < -0.4 is 5.73 Å². The molecule has 4 heteroatoms. The molecule has 1 saturated heterocycles. The van der Waals surface area contributed by atoms with E-state index in [1.54, 1.807) is 0 Å². The van der Waals surface area contributed by atoms with Crippen LogP contribution >= 0.6 is 11.3 Å². The third-order valence-electron chi connectivity index (χ3n) is 3.59. The largest absolute Gasteiger partial charge is 0.380 e. The molecule has 1 aromatic rings. The predicted octanol–water partition coefficient (Wildman–Crippen LogP) is 2.17. The Hall–Kier alpha value is -0.420. The first-order valence-corrected chi connectivity index (χ1v) is 7.08. The average Bonchev–Trinajstić information content (AvgIpc) is 2.90. The van der Waals surface area contributed by atoms with E-state index in [4.69, 9.17) is 10.5 Å². The Labute approximate surface area is 108 Å². The molecule has 96 valence electrons. The maximum atomic E-state index is 6.19. The van der Waals surface area contributed by atoms with E-state index in [1.807, 2.05) is 11.3 Å². The number of hydrogen-bond donors (Lipinski definition) is 1. The molecule has 2 N–H and O–H groups in total. The van der Waals surface area contributed by atoms with E-state index >= 15 is 0 Å². The molecule has 1 aromatic heterocycles. The average molecular weight is 254 g/mol. The normalized spacial score (nSPS) is 24.2.